The Labute approximate surface area is 126 Å². The van der Waals surface area contributed by atoms with Gasteiger partial charge in [-0.1, -0.05) is 30.3 Å². The number of hydrogen-bond acceptors (Lipinski definition) is 2. The highest BCUT2D eigenvalue weighted by Crippen LogP contribution is 2.08. The summed E-state index contributed by atoms with van der Waals surface area (Å²) in [5.41, 5.74) is 2.37. The average molecular weight is 285 g/mol. The summed E-state index contributed by atoms with van der Waals surface area (Å²) < 4.78 is 1.88. The van der Waals surface area contributed by atoms with E-state index in [9.17, 15) is 4.79 Å². The lowest BCUT2D eigenvalue weighted by Crippen LogP contribution is -2.25. The Kier molecular flexibility index (Phi) is 5.55. The van der Waals surface area contributed by atoms with Crippen molar-refractivity contribution in [3.63, 3.8) is 0 Å². The first-order valence-corrected chi connectivity index (χ1v) is 7.48. The number of amides is 1. The predicted octanol–water partition coefficient (Wildman–Crippen LogP) is 2.88. The topological polar surface area (TPSA) is 38.1 Å². The molecule has 1 heterocycles. The van der Waals surface area contributed by atoms with Gasteiger partial charge in [-0.25, -0.2) is 0 Å². The number of nitrogens with zero attached hydrogens (tertiary/aromatic N) is 3. The van der Waals surface area contributed by atoms with E-state index in [2.05, 4.69) is 24.2 Å². The SMILES string of the molecule is CCn1cc(CN(C)C(=O)CCCc2ccccc2)cn1. The number of rotatable bonds is 7. The fourth-order valence-corrected chi connectivity index (χ4v) is 2.30. The molecule has 0 saturated heterocycles. The maximum absolute atomic E-state index is 12.1. The standard InChI is InChI=1S/C17H23N3O/c1-3-20-14-16(12-18-20)13-19(2)17(21)11-7-10-15-8-5-4-6-9-15/h4-6,8-9,12,14H,3,7,10-11,13H2,1-2H3. The van der Waals surface area contributed by atoms with Gasteiger partial charge in [0.05, 0.1) is 6.20 Å². The molecule has 1 aromatic heterocycles. The van der Waals surface area contributed by atoms with E-state index in [1.807, 2.05) is 42.3 Å². The number of carbonyl (C=O) groups excluding carboxylic acids is 1. The smallest absolute Gasteiger partial charge is 0.222 e. The van der Waals surface area contributed by atoms with Gasteiger partial charge >= 0.3 is 0 Å². The highest BCUT2D eigenvalue weighted by atomic mass is 16.2. The molecule has 0 N–H and O–H groups in total. The van der Waals surface area contributed by atoms with Crippen molar-refractivity contribution in [2.75, 3.05) is 7.05 Å². The fourth-order valence-electron chi connectivity index (χ4n) is 2.30. The lowest BCUT2D eigenvalue weighted by Gasteiger charge is -2.16. The Balaban J connectivity index is 1.74. The molecule has 1 amide bonds. The van der Waals surface area contributed by atoms with Crippen molar-refractivity contribution in [1.82, 2.24) is 14.7 Å². The third-order valence-corrected chi connectivity index (χ3v) is 3.56. The van der Waals surface area contributed by atoms with Gasteiger partial charge in [0, 0.05) is 38.3 Å². The lowest BCUT2D eigenvalue weighted by molar-refractivity contribution is -0.130. The molecule has 0 saturated carbocycles. The Morgan fingerprint density at radius 2 is 2.00 bits per heavy atom. The minimum absolute atomic E-state index is 0.190. The van der Waals surface area contributed by atoms with E-state index in [0.29, 0.717) is 13.0 Å². The Bertz CT molecular complexity index is 562. The number of aryl methyl sites for hydroxylation is 2. The minimum Gasteiger partial charge on any atom is -0.341 e. The van der Waals surface area contributed by atoms with Gasteiger partial charge in [0.15, 0.2) is 0 Å². The third kappa shape index (κ3) is 4.74. The molecule has 4 heteroatoms. The molecule has 1 aromatic carbocycles. The van der Waals surface area contributed by atoms with Crippen LogP contribution in [0.4, 0.5) is 0 Å². The van der Waals surface area contributed by atoms with Crippen molar-refractivity contribution in [2.45, 2.75) is 39.3 Å². The van der Waals surface area contributed by atoms with Crippen LogP contribution in [-0.2, 0) is 24.3 Å². The van der Waals surface area contributed by atoms with E-state index in [0.717, 1.165) is 24.9 Å². The van der Waals surface area contributed by atoms with Crippen LogP contribution in [-0.4, -0.2) is 27.6 Å². The van der Waals surface area contributed by atoms with Crippen LogP contribution in [0.25, 0.3) is 0 Å². The maximum atomic E-state index is 12.1. The van der Waals surface area contributed by atoms with Crippen LogP contribution in [0.5, 0.6) is 0 Å². The minimum atomic E-state index is 0.190. The number of hydrogen-bond donors (Lipinski definition) is 0. The molecule has 0 radical (unpaired) electrons. The molecule has 2 rings (SSSR count). The summed E-state index contributed by atoms with van der Waals surface area (Å²) in [5.74, 6) is 0.190. The molecule has 0 fully saturated rings. The second kappa shape index (κ2) is 7.62. The molecule has 0 aliphatic carbocycles. The first kappa shape index (κ1) is 15.3. The van der Waals surface area contributed by atoms with Crippen LogP contribution < -0.4 is 0 Å². The Morgan fingerprint density at radius 3 is 2.67 bits per heavy atom. The second-order valence-electron chi connectivity index (χ2n) is 5.29. The molecular weight excluding hydrogens is 262 g/mol. The molecular formula is C17H23N3O. The zero-order valence-electron chi connectivity index (χ0n) is 12.8. The van der Waals surface area contributed by atoms with E-state index in [1.165, 1.54) is 5.56 Å². The monoisotopic (exact) mass is 285 g/mol. The van der Waals surface area contributed by atoms with Gasteiger partial charge in [0.25, 0.3) is 0 Å². The van der Waals surface area contributed by atoms with E-state index < -0.39 is 0 Å². The maximum Gasteiger partial charge on any atom is 0.222 e. The van der Waals surface area contributed by atoms with Gasteiger partial charge in [0.1, 0.15) is 0 Å². The van der Waals surface area contributed by atoms with Crippen LogP contribution in [0.2, 0.25) is 0 Å². The fraction of sp³-hybridized carbons (Fsp3) is 0.412. The van der Waals surface area contributed by atoms with Crippen LogP contribution in [0.15, 0.2) is 42.7 Å². The van der Waals surface area contributed by atoms with Crippen molar-refractivity contribution in [2.24, 2.45) is 0 Å². The van der Waals surface area contributed by atoms with E-state index in [1.54, 1.807) is 4.90 Å². The molecule has 21 heavy (non-hydrogen) atoms. The Morgan fingerprint density at radius 1 is 1.24 bits per heavy atom. The quantitative estimate of drug-likeness (QED) is 0.784. The van der Waals surface area contributed by atoms with Crippen molar-refractivity contribution < 1.29 is 4.79 Å². The van der Waals surface area contributed by atoms with Gasteiger partial charge in [-0.2, -0.15) is 5.10 Å². The van der Waals surface area contributed by atoms with Crippen molar-refractivity contribution in [3.05, 3.63) is 53.9 Å². The Hall–Kier alpha value is -2.10. The average Bonchev–Trinajstić information content (AvgIpc) is 2.96. The normalized spacial score (nSPS) is 10.6. The molecule has 0 aliphatic heterocycles. The molecule has 0 atom stereocenters. The summed E-state index contributed by atoms with van der Waals surface area (Å²) in [4.78, 5) is 13.9. The third-order valence-electron chi connectivity index (χ3n) is 3.56. The first-order chi connectivity index (χ1) is 10.2. The molecule has 0 unspecified atom stereocenters. The molecule has 0 bridgehead atoms. The van der Waals surface area contributed by atoms with Crippen LogP contribution in [0.1, 0.15) is 30.9 Å². The van der Waals surface area contributed by atoms with Crippen molar-refractivity contribution in [1.29, 1.82) is 0 Å². The summed E-state index contributed by atoms with van der Waals surface area (Å²) in [6, 6.07) is 10.3. The van der Waals surface area contributed by atoms with E-state index in [4.69, 9.17) is 0 Å². The summed E-state index contributed by atoms with van der Waals surface area (Å²) >= 11 is 0. The van der Waals surface area contributed by atoms with Gasteiger partial charge < -0.3 is 4.90 Å². The van der Waals surface area contributed by atoms with Crippen molar-refractivity contribution in [3.8, 4) is 0 Å². The van der Waals surface area contributed by atoms with Crippen LogP contribution >= 0.6 is 0 Å². The van der Waals surface area contributed by atoms with Crippen LogP contribution in [0.3, 0.4) is 0 Å². The van der Waals surface area contributed by atoms with Gasteiger partial charge in [-0.15, -0.1) is 0 Å². The van der Waals surface area contributed by atoms with Crippen LogP contribution in [0, 0.1) is 0 Å². The zero-order chi connectivity index (χ0) is 15.1. The van der Waals surface area contributed by atoms with E-state index in [-0.39, 0.29) is 5.91 Å². The van der Waals surface area contributed by atoms with Crippen molar-refractivity contribution >= 4 is 5.91 Å². The molecule has 0 spiro atoms. The first-order valence-electron chi connectivity index (χ1n) is 7.48. The number of benzene rings is 1. The van der Waals surface area contributed by atoms with Gasteiger partial charge in [-0.3, -0.25) is 9.48 Å². The lowest BCUT2D eigenvalue weighted by atomic mass is 10.1. The largest absolute Gasteiger partial charge is 0.341 e. The zero-order valence-corrected chi connectivity index (χ0v) is 12.8. The number of aromatic nitrogens is 2. The summed E-state index contributed by atoms with van der Waals surface area (Å²) in [7, 11) is 1.86. The van der Waals surface area contributed by atoms with Gasteiger partial charge in [-0.05, 0) is 25.3 Å². The molecule has 4 nitrogen and oxygen atoms in total. The molecule has 0 aliphatic rings. The number of carbonyl (C=O) groups is 1. The summed E-state index contributed by atoms with van der Waals surface area (Å²) in [5, 5.41) is 4.23. The molecule has 2 aromatic rings. The highest BCUT2D eigenvalue weighted by molar-refractivity contribution is 5.75. The molecule has 112 valence electrons. The second-order valence-corrected chi connectivity index (χ2v) is 5.29. The summed E-state index contributed by atoms with van der Waals surface area (Å²) in [6.07, 6.45) is 6.26. The summed E-state index contributed by atoms with van der Waals surface area (Å²) in [6.45, 7) is 3.54. The van der Waals surface area contributed by atoms with E-state index >= 15 is 0 Å². The highest BCUT2D eigenvalue weighted by Gasteiger charge is 2.10. The predicted molar refractivity (Wildman–Crippen MR) is 83.8 cm³/mol. The van der Waals surface area contributed by atoms with Gasteiger partial charge in [0.2, 0.25) is 5.91 Å².